The molecule has 0 spiro atoms. The molecule has 18 heavy (non-hydrogen) atoms. The summed E-state index contributed by atoms with van der Waals surface area (Å²) in [5, 5.41) is 3.51. The average molecular weight is 251 g/mol. The third-order valence-corrected chi connectivity index (χ3v) is 5.11. The van der Waals surface area contributed by atoms with Crippen molar-refractivity contribution in [1.29, 1.82) is 0 Å². The van der Waals surface area contributed by atoms with Crippen molar-refractivity contribution in [3.05, 3.63) is 0 Å². The number of hydrogen-bond donors (Lipinski definition) is 1. The van der Waals surface area contributed by atoms with E-state index in [1.54, 1.807) is 0 Å². The van der Waals surface area contributed by atoms with Gasteiger partial charge < -0.3 is 5.32 Å². The Balaban J connectivity index is 1.39. The van der Waals surface area contributed by atoms with Crippen molar-refractivity contribution in [3.8, 4) is 0 Å². The highest BCUT2D eigenvalue weighted by molar-refractivity contribution is 4.93. The van der Waals surface area contributed by atoms with E-state index in [-0.39, 0.29) is 0 Å². The van der Waals surface area contributed by atoms with E-state index in [1.807, 2.05) is 0 Å². The zero-order valence-corrected chi connectivity index (χ0v) is 11.9. The van der Waals surface area contributed by atoms with Crippen LogP contribution in [0.4, 0.5) is 0 Å². The molecule has 1 aliphatic carbocycles. The number of nitrogens with zero attached hydrogens (tertiary/aromatic N) is 2. The third-order valence-electron chi connectivity index (χ3n) is 5.11. The summed E-state index contributed by atoms with van der Waals surface area (Å²) >= 11 is 0. The molecule has 3 heteroatoms. The van der Waals surface area contributed by atoms with E-state index in [4.69, 9.17) is 0 Å². The zero-order chi connectivity index (χ0) is 12.4. The normalized spacial score (nSPS) is 32.2. The van der Waals surface area contributed by atoms with E-state index in [0.29, 0.717) is 0 Å². The van der Waals surface area contributed by atoms with E-state index in [2.05, 4.69) is 22.0 Å². The lowest BCUT2D eigenvalue weighted by molar-refractivity contribution is 0.131. The Labute approximate surface area is 112 Å². The Morgan fingerprint density at radius 3 is 2.28 bits per heavy atom. The van der Waals surface area contributed by atoms with Crippen LogP contribution in [0.25, 0.3) is 0 Å². The minimum absolute atomic E-state index is 0.880. The van der Waals surface area contributed by atoms with Crippen LogP contribution in [0.3, 0.4) is 0 Å². The van der Waals surface area contributed by atoms with Crippen molar-refractivity contribution in [2.75, 3.05) is 39.3 Å². The largest absolute Gasteiger partial charge is 0.317 e. The summed E-state index contributed by atoms with van der Waals surface area (Å²) in [5.41, 5.74) is 0. The lowest BCUT2D eigenvalue weighted by Crippen LogP contribution is -2.44. The predicted octanol–water partition coefficient (Wildman–Crippen LogP) is 1.54. The number of likely N-dealkylation sites (tertiary alicyclic amines) is 2. The molecule has 1 atom stereocenters. The van der Waals surface area contributed by atoms with Gasteiger partial charge in [-0.3, -0.25) is 9.80 Å². The Morgan fingerprint density at radius 2 is 1.61 bits per heavy atom. The molecule has 3 fully saturated rings. The van der Waals surface area contributed by atoms with Gasteiger partial charge in [-0.25, -0.2) is 0 Å². The first-order chi connectivity index (χ1) is 8.86. The Morgan fingerprint density at radius 1 is 0.889 bits per heavy atom. The number of nitrogens with one attached hydrogen (secondary N) is 1. The summed E-state index contributed by atoms with van der Waals surface area (Å²) < 4.78 is 0. The van der Waals surface area contributed by atoms with Crippen LogP contribution < -0.4 is 5.32 Å². The van der Waals surface area contributed by atoms with Gasteiger partial charge in [0.15, 0.2) is 0 Å². The Hall–Kier alpha value is -0.120. The molecule has 0 aromatic carbocycles. The average Bonchev–Trinajstić information content (AvgIpc) is 3.15. The standard InChI is InChI=1S/C15H29N3/c1-2-16-11-13-5-8-17(9-6-13)15-7-10-18(12-15)14-3-4-14/h13-16H,2-12H2,1H3. The highest BCUT2D eigenvalue weighted by atomic mass is 15.3. The van der Waals surface area contributed by atoms with E-state index >= 15 is 0 Å². The molecular formula is C15H29N3. The first-order valence-corrected chi connectivity index (χ1v) is 8.05. The summed E-state index contributed by atoms with van der Waals surface area (Å²) in [5.74, 6) is 0.933. The van der Waals surface area contributed by atoms with Gasteiger partial charge in [0.2, 0.25) is 0 Å². The molecule has 2 aliphatic heterocycles. The molecule has 3 nitrogen and oxygen atoms in total. The summed E-state index contributed by atoms with van der Waals surface area (Å²) in [7, 11) is 0. The lowest BCUT2D eigenvalue weighted by atomic mass is 9.95. The molecule has 3 rings (SSSR count). The van der Waals surface area contributed by atoms with Gasteiger partial charge in [-0.05, 0) is 64.2 Å². The first-order valence-electron chi connectivity index (χ1n) is 8.05. The fraction of sp³-hybridized carbons (Fsp3) is 1.00. The topological polar surface area (TPSA) is 18.5 Å². The van der Waals surface area contributed by atoms with Crippen LogP contribution >= 0.6 is 0 Å². The summed E-state index contributed by atoms with van der Waals surface area (Å²) in [6.45, 7) is 10.00. The Kier molecular flexibility index (Phi) is 4.22. The van der Waals surface area contributed by atoms with Crippen LogP contribution in [-0.4, -0.2) is 61.2 Å². The van der Waals surface area contributed by atoms with E-state index < -0.39 is 0 Å². The Bertz CT molecular complexity index is 256. The maximum absolute atomic E-state index is 3.51. The SMILES string of the molecule is CCNCC1CCN(C2CCN(C3CC3)C2)CC1. The molecule has 0 radical (unpaired) electrons. The second kappa shape index (κ2) is 5.89. The maximum Gasteiger partial charge on any atom is 0.0235 e. The summed E-state index contributed by atoms with van der Waals surface area (Å²) in [4.78, 5) is 5.53. The molecule has 0 bridgehead atoms. The van der Waals surface area contributed by atoms with Crippen molar-refractivity contribution < 1.29 is 0 Å². The van der Waals surface area contributed by atoms with Gasteiger partial charge in [0, 0.05) is 25.2 Å². The van der Waals surface area contributed by atoms with Gasteiger partial charge >= 0.3 is 0 Å². The van der Waals surface area contributed by atoms with Crippen molar-refractivity contribution >= 4 is 0 Å². The molecule has 0 aromatic rings. The number of piperidine rings is 1. The molecule has 0 amide bonds. The van der Waals surface area contributed by atoms with Crippen LogP contribution in [-0.2, 0) is 0 Å². The molecular weight excluding hydrogens is 222 g/mol. The van der Waals surface area contributed by atoms with Crippen LogP contribution in [0.1, 0.15) is 39.0 Å². The summed E-state index contributed by atoms with van der Waals surface area (Å²) in [6, 6.07) is 1.85. The van der Waals surface area contributed by atoms with Crippen molar-refractivity contribution in [3.63, 3.8) is 0 Å². The van der Waals surface area contributed by atoms with Crippen molar-refractivity contribution in [2.24, 2.45) is 5.92 Å². The fourth-order valence-electron chi connectivity index (χ4n) is 3.71. The quantitative estimate of drug-likeness (QED) is 0.800. The van der Waals surface area contributed by atoms with Crippen molar-refractivity contribution in [1.82, 2.24) is 15.1 Å². The number of rotatable bonds is 5. The minimum Gasteiger partial charge on any atom is -0.317 e. The highest BCUT2D eigenvalue weighted by Crippen LogP contribution is 2.32. The molecule has 1 saturated carbocycles. The highest BCUT2D eigenvalue weighted by Gasteiger charge is 2.37. The van der Waals surface area contributed by atoms with Crippen LogP contribution in [0, 0.1) is 5.92 Å². The van der Waals surface area contributed by atoms with Gasteiger partial charge in [-0.2, -0.15) is 0 Å². The van der Waals surface area contributed by atoms with Crippen LogP contribution in [0.5, 0.6) is 0 Å². The molecule has 3 aliphatic rings. The van der Waals surface area contributed by atoms with E-state index in [9.17, 15) is 0 Å². The van der Waals surface area contributed by atoms with E-state index in [1.165, 1.54) is 64.8 Å². The van der Waals surface area contributed by atoms with Crippen LogP contribution in [0.15, 0.2) is 0 Å². The maximum atomic E-state index is 3.51. The van der Waals surface area contributed by atoms with Gasteiger partial charge in [-0.15, -0.1) is 0 Å². The number of hydrogen-bond acceptors (Lipinski definition) is 3. The summed E-state index contributed by atoms with van der Waals surface area (Å²) in [6.07, 6.45) is 7.18. The molecule has 1 unspecified atom stereocenters. The van der Waals surface area contributed by atoms with Crippen molar-refractivity contribution in [2.45, 2.75) is 51.1 Å². The van der Waals surface area contributed by atoms with Gasteiger partial charge in [0.05, 0.1) is 0 Å². The first kappa shape index (κ1) is 12.9. The third kappa shape index (κ3) is 3.06. The second-order valence-electron chi connectivity index (χ2n) is 6.46. The molecule has 0 aromatic heterocycles. The van der Waals surface area contributed by atoms with Crippen LogP contribution in [0.2, 0.25) is 0 Å². The van der Waals surface area contributed by atoms with Gasteiger partial charge in [0.25, 0.3) is 0 Å². The van der Waals surface area contributed by atoms with E-state index in [0.717, 1.165) is 24.5 Å². The zero-order valence-electron chi connectivity index (χ0n) is 11.9. The lowest BCUT2D eigenvalue weighted by Gasteiger charge is -2.36. The second-order valence-corrected chi connectivity index (χ2v) is 6.46. The fourth-order valence-corrected chi connectivity index (χ4v) is 3.71. The molecule has 2 heterocycles. The molecule has 1 N–H and O–H groups in total. The van der Waals surface area contributed by atoms with Gasteiger partial charge in [-0.1, -0.05) is 6.92 Å². The molecule has 104 valence electrons. The monoisotopic (exact) mass is 251 g/mol. The predicted molar refractivity (Wildman–Crippen MR) is 75.8 cm³/mol. The van der Waals surface area contributed by atoms with Gasteiger partial charge in [0.1, 0.15) is 0 Å². The minimum atomic E-state index is 0.880. The smallest absolute Gasteiger partial charge is 0.0235 e. The molecule has 2 saturated heterocycles.